The number of rotatable bonds is 6. The second-order valence-corrected chi connectivity index (χ2v) is 6.33. The van der Waals surface area contributed by atoms with E-state index in [1.54, 1.807) is 18.2 Å². The molecule has 7 heteroatoms. The fourth-order valence-corrected chi connectivity index (χ4v) is 2.82. The maximum atomic E-state index is 12.2. The number of amides is 1. The molecule has 134 valence electrons. The summed E-state index contributed by atoms with van der Waals surface area (Å²) in [5, 5.41) is 3.86. The van der Waals surface area contributed by atoms with Crippen molar-refractivity contribution < 1.29 is 4.79 Å². The van der Waals surface area contributed by atoms with Crippen LogP contribution in [0.4, 0.5) is 5.69 Å². The highest BCUT2D eigenvalue weighted by atomic mass is 35.5. The Labute approximate surface area is 155 Å². The Balaban J connectivity index is 1.72. The van der Waals surface area contributed by atoms with Gasteiger partial charge in [-0.3, -0.25) is 14.5 Å². The number of nitrogens with zero attached hydrogens (tertiary/aromatic N) is 2. The molecule has 0 aliphatic heterocycles. The molecule has 0 fully saturated rings. The summed E-state index contributed by atoms with van der Waals surface area (Å²) in [6.07, 6.45) is 0. The number of H-pyrrole nitrogens is 1. The van der Waals surface area contributed by atoms with E-state index >= 15 is 0 Å². The van der Waals surface area contributed by atoms with E-state index in [1.165, 1.54) is 0 Å². The van der Waals surface area contributed by atoms with Gasteiger partial charge in [-0.2, -0.15) is 0 Å². The lowest BCUT2D eigenvalue weighted by Crippen LogP contribution is -2.33. The molecule has 0 atom stereocenters. The minimum Gasteiger partial charge on any atom is -0.325 e. The van der Waals surface area contributed by atoms with Crippen LogP contribution in [-0.4, -0.2) is 33.9 Å². The van der Waals surface area contributed by atoms with Gasteiger partial charge in [0.2, 0.25) is 5.91 Å². The van der Waals surface area contributed by atoms with Gasteiger partial charge in [0.05, 0.1) is 24.0 Å². The van der Waals surface area contributed by atoms with Gasteiger partial charge < -0.3 is 10.3 Å². The van der Waals surface area contributed by atoms with Gasteiger partial charge in [0.25, 0.3) is 5.56 Å². The molecule has 0 spiro atoms. The molecule has 0 unspecified atom stereocenters. The van der Waals surface area contributed by atoms with Crippen molar-refractivity contribution in [1.29, 1.82) is 0 Å². The molecule has 2 N–H and O–H groups in total. The molecule has 0 bridgehead atoms. The number of hydrogen-bond donors (Lipinski definition) is 2. The molecule has 6 nitrogen and oxygen atoms in total. The molecule has 0 saturated carbocycles. The summed E-state index contributed by atoms with van der Waals surface area (Å²) in [5.41, 5.74) is 1.08. The molecule has 0 saturated heterocycles. The van der Waals surface area contributed by atoms with Crippen molar-refractivity contribution >= 4 is 34.1 Å². The maximum absolute atomic E-state index is 12.2. The third-order valence-corrected chi connectivity index (χ3v) is 4.20. The second-order valence-electron chi connectivity index (χ2n) is 5.89. The number of carbonyl (C=O) groups is 1. The Hall–Kier alpha value is -2.70. The van der Waals surface area contributed by atoms with Gasteiger partial charge in [-0.15, -0.1) is 0 Å². The Kier molecular flexibility index (Phi) is 5.65. The number of likely N-dealkylation sites (N-methyl/N-ethyl adjacent to an activating group) is 1. The first-order chi connectivity index (χ1) is 12.5. The van der Waals surface area contributed by atoms with E-state index < -0.39 is 0 Å². The smallest absolute Gasteiger partial charge is 0.258 e. The fourth-order valence-electron chi connectivity index (χ4n) is 2.65. The molecule has 3 rings (SSSR count). The molecule has 0 aliphatic carbocycles. The summed E-state index contributed by atoms with van der Waals surface area (Å²) in [4.78, 5) is 33.6. The minimum absolute atomic E-state index is 0.121. The summed E-state index contributed by atoms with van der Waals surface area (Å²) >= 11 is 5.99. The Bertz CT molecular complexity index is 972. The summed E-state index contributed by atoms with van der Waals surface area (Å²) in [6.45, 7) is 3.14. The van der Waals surface area contributed by atoms with Crippen molar-refractivity contribution in [3.05, 3.63) is 69.7 Å². The summed E-state index contributed by atoms with van der Waals surface area (Å²) in [5.74, 6) is 0.378. The van der Waals surface area contributed by atoms with Gasteiger partial charge >= 0.3 is 0 Å². The van der Waals surface area contributed by atoms with Gasteiger partial charge in [0.15, 0.2) is 0 Å². The van der Waals surface area contributed by atoms with E-state index in [2.05, 4.69) is 15.3 Å². The summed E-state index contributed by atoms with van der Waals surface area (Å²) in [6, 6.07) is 14.3. The van der Waals surface area contributed by atoms with E-state index in [1.807, 2.05) is 42.2 Å². The van der Waals surface area contributed by atoms with Crippen molar-refractivity contribution in [1.82, 2.24) is 14.9 Å². The largest absolute Gasteiger partial charge is 0.325 e. The number of hydrogen-bond acceptors (Lipinski definition) is 4. The lowest BCUT2D eigenvalue weighted by molar-refractivity contribution is -0.117. The highest BCUT2D eigenvalue weighted by Crippen LogP contribution is 2.15. The minimum atomic E-state index is -0.216. The van der Waals surface area contributed by atoms with E-state index in [0.717, 1.165) is 5.69 Å². The van der Waals surface area contributed by atoms with Crippen LogP contribution in [-0.2, 0) is 11.3 Å². The monoisotopic (exact) mass is 370 g/mol. The topological polar surface area (TPSA) is 78.1 Å². The van der Waals surface area contributed by atoms with E-state index in [4.69, 9.17) is 11.6 Å². The molecule has 26 heavy (non-hydrogen) atoms. The van der Waals surface area contributed by atoms with Crippen LogP contribution in [0.15, 0.2) is 53.3 Å². The number of benzene rings is 2. The Morgan fingerprint density at radius 1 is 1.23 bits per heavy atom. The molecular weight excluding hydrogens is 352 g/mol. The quantitative estimate of drug-likeness (QED) is 0.699. The number of aromatic amines is 1. The van der Waals surface area contributed by atoms with Crippen LogP contribution in [0.2, 0.25) is 5.02 Å². The first kappa shape index (κ1) is 18.1. The van der Waals surface area contributed by atoms with Crippen molar-refractivity contribution in [3.63, 3.8) is 0 Å². The number of nitrogens with one attached hydrogen (secondary N) is 2. The predicted octanol–water partition coefficient (Wildman–Crippen LogP) is 3.04. The first-order valence-electron chi connectivity index (χ1n) is 8.31. The molecule has 0 aliphatic rings. The van der Waals surface area contributed by atoms with Gasteiger partial charge in [-0.1, -0.05) is 36.7 Å². The predicted molar refractivity (Wildman–Crippen MR) is 103 cm³/mol. The number of anilines is 1. The lowest BCUT2D eigenvalue weighted by atomic mass is 10.2. The maximum Gasteiger partial charge on any atom is 0.258 e. The second kappa shape index (κ2) is 8.12. The van der Waals surface area contributed by atoms with Crippen LogP contribution in [0, 0.1) is 0 Å². The van der Waals surface area contributed by atoms with Crippen LogP contribution in [0.5, 0.6) is 0 Å². The average molecular weight is 371 g/mol. The zero-order chi connectivity index (χ0) is 18.5. The van der Waals surface area contributed by atoms with Crippen LogP contribution in [0.1, 0.15) is 12.7 Å². The third kappa shape index (κ3) is 4.47. The molecule has 1 aromatic heterocycles. The lowest BCUT2D eigenvalue weighted by Gasteiger charge is -2.19. The molecule has 3 aromatic rings. The fraction of sp³-hybridized carbons (Fsp3) is 0.211. The van der Waals surface area contributed by atoms with Gasteiger partial charge in [0.1, 0.15) is 5.82 Å². The zero-order valence-corrected chi connectivity index (χ0v) is 15.1. The average Bonchev–Trinajstić information content (AvgIpc) is 2.61. The van der Waals surface area contributed by atoms with Crippen molar-refractivity contribution in [3.8, 4) is 0 Å². The van der Waals surface area contributed by atoms with Crippen molar-refractivity contribution in [2.75, 3.05) is 18.4 Å². The number of aromatic nitrogens is 2. The highest BCUT2D eigenvalue weighted by Gasteiger charge is 2.12. The highest BCUT2D eigenvalue weighted by molar-refractivity contribution is 6.31. The number of para-hydroxylation sites is 1. The standard InChI is InChI=1S/C19H19ClN4O2/c1-2-24(12-18(25)21-14-6-4-3-5-7-14)11-17-22-16-10-13(20)8-9-15(16)19(26)23-17/h3-10H,2,11-12H2,1H3,(H,21,25)(H,22,23,26). The van der Waals surface area contributed by atoms with Crippen molar-refractivity contribution in [2.45, 2.75) is 13.5 Å². The van der Waals surface area contributed by atoms with Crippen LogP contribution in [0.25, 0.3) is 10.9 Å². The van der Waals surface area contributed by atoms with Gasteiger partial charge in [-0.05, 0) is 36.9 Å². The van der Waals surface area contributed by atoms with E-state index in [0.29, 0.717) is 34.8 Å². The molecule has 1 amide bonds. The van der Waals surface area contributed by atoms with Crippen molar-refractivity contribution in [2.24, 2.45) is 0 Å². The van der Waals surface area contributed by atoms with Gasteiger partial charge in [0, 0.05) is 10.7 Å². The normalized spacial score (nSPS) is 11.0. The van der Waals surface area contributed by atoms with Crippen LogP contribution >= 0.6 is 11.6 Å². The summed E-state index contributed by atoms with van der Waals surface area (Å²) in [7, 11) is 0. The first-order valence-corrected chi connectivity index (χ1v) is 8.68. The zero-order valence-electron chi connectivity index (χ0n) is 14.3. The number of fused-ring (bicyclic) bond motifs is 1. The Morgan fingerprint density at radius 3 is 2.73 bits per heavy atom. The summed E-state index contributed by atoms with van der Waals surface area (Å²) < 4.78 is 0. The molecule has 0 radical (unpaired) electrons. The van der Waals surface area contributed by atoms with E-state index in [-0.39, 0.29) is 18.0 Å². The molecule has 2 aromatic carbocycles. The molecule has 1 heterocycles. The third-order valence-electron chi connectivity index (χ3n) is 3.96. The van der Waals surface area contributed by atoms with Crippen LogP contribution in [0.3, 0.4) is 0 Å². The Morgan fingerprint density at radius 2 is 2.00 bits per heavy atom. The number of carbonyl (C=O) groups excluding carboxylic acids is 1. The van der Waals surface area contributed by atoms with Gasteiger partial charge in [-0.25, -0.2) is 4.98 Å². The SMILES string of the molecule is CCN(CC(=O)Nc1ccccc1)Cc1nc2cc(Cl)ccc2c(=O)[nH]1. The van der Waals surface area contributed by atoms with Crippen LogP contribution < -0.4 is 10.9 Å². The van der Waals surface area contributed by atoms with E-state index in [9.17, 15) is 9.59 Å². The molecular formula is C19H19ClN4O2. The number of halogens is 1.